The van der Waals surface area contributed by atoms with Crippen LogP contribution in [0.5, 0.6) is 0 Å². The smallest absolute Gasteiger partial charge is 0.00277 e. The van der Waals surface area contributed by atoms with Gasteiger partial charge in [0.05, 0.1) is 0 Å². The Morgan fingerprint density at radius 2 is 2.30 bits per heavy atom. The zero-order chi connectivity index (χ0) is 7.98. The van der Waals surface area contributed by atoms with Crippen LogP contribution < -0.4 is 5.32 Å². The number of allylic oxidation sites excluding steroid dienone is 2. The maximum atomic E-state index is 3.94. The molecule has 0 aliphatic carbocycles. The molecule has 10 heavy (non-hydrogen) atoms. The van der Waals surface area contributed by atoms with Crippen LogP contribution in [0.2, 0.25) is 0 Å². The largest absolute Gasteiger partial charge is 0.394 e. The summed E-state index contributed by atoms with van der Waals surface area (Å²) in [5.74, 6) is 0.601. The van der Waals surface area contributed by atoms with Gasteiger partial charge in [-0.15, -0.1) is 0 Å². The summed E-state index contributed by atoms with van der Waals surface area (Å²) in [4.78, 5) is 0. The first-order chi connectivity index (χ1) is 4.72. The van der Waals surface area contributed by atoms with Gasteiger partial charge in [-0.1, -0.05) is 26.0 Å². The van der Waals surface area contributed by atoms with Crippen molar-refractivity contribution in [3.63, 3.8) is 0 Å². The molecule has 0 saturated heterocycles. The van der Waals surface area contributed by atoms with E-state index >= 15 is 0 Å². The monoisotopic (exact) mass is 139 g/mol. The summed E-state index contributed by atoms with van der Waals surface area (Å²) in [6.07, 6.45) is 5.09. The summed E-state index contributed by atoms with van der Waals surface area (Å²) >= 11 is 0. The molecule has 0 aliphatic rings. The van der Waals surface area contributed by atoms with Crippen molar-refractivity contribution in [1.82, 2.24) is 5.32 Å². The third-order valence-electron chi connectivity index (χ3n) is 1.71. The summed E-state index contributed by atoms with van der Waals surface area (Å²) in [5.41, 5.74) is 1.19. The molecule has 1 unspecified atom stereocenters. The van der Waals surface area contributed by atoms with Gasteiger partial charge >= 0.3 is 0 Å². The van der Waals surface area contributed by atoms with E-state index in [0.717, 1.165) is 6.42 Å². The molecule has 1 N–H and O–H groups in total. The Bertz CT molecular complexity index is 125. The molecular formula is C9H17N. The third kappa shape index (κ3) is 3.33. The molecule has 1 nitrogen and oxygen atoms in total. The first-order valence-corrected chi connectivity index (χ1v) is 3.75. The van der Waals surface area contributed by atoms with Gasteiger partial charge in [0.2, 0.25) is 0 Å². The van der Waals surface area contributed by atoms with Gasteiger partial charge < -0.3 is 5.32 Å². The van der Waals surface area contributed by atoms with Crippen molar-refractivity contribution >= 4 is 0 Å². The zero-order valence-corrected chi connectivity index (χ0v) is 7.15. The normalized spacial score (nSPS) is 13.5. The molecule has 0 aromatic rings. The van der Waals surface area contributed by atoms with Crippen LogP contribution in [0.25, 0.3) is 0 Å². The van der Waals surface area contributed by atoms with Crippen LogP contribution in [0.15, 0.2) is 24.4 Å². The molecule has 1 heteroatoms. The first kappa shape index (κ1) is 9.28. The van der Waals surface area contributed by atoms with Crippen LogP contribution in [0.1, 0.15) is 20.3 Å². The van der Waals surface area contributed by atoms with E-state index in [-0.39, 0.29) is 0 Å². The topological polar surface area (TPSA) is 12.0 Å². The Labute approximate surface area is 63.8 Å². The molecule has 0 aliphatic heterocycles. The maximum Gasteiger partial charge on any atom is 0.00277 e. The zero-order valence-electron chi connectivity index (χ0n) is 7.15. The van der Waals surface area contributed by atoms with Crippen molar-refractivity contribution in [2.45, 2.75) is 20.3 Å². The van der Waals surface area contributed by atoms with Gasteiger partial charge in [-0.05, 0) is 24.6 Å². The Balaban J connectivity index is 3.72. The van der Waals surface area contributed by atoms with Gasteiger partial charge in [-0.2, -0.15) is 0 Å². The number of nitrogens with one attached hydrogen (secondary N) is 1. The fraction of sp³-hybridized carbons (Fsp3) is 0.556. The molecule has 0 aromatic carbocycles. The van der Waals surface area contributed by atoms with Gasteiger partial charge in [0.1, 0.15) is 0 Å². The lowest BCUT2D eigenvalue weighted by Crippen LogP contribution is -1.96. The minimum atomic E-state index is 0.601. The quantitative estimate of drug-likeness (QED) is 0.589. The van der Waals surface area contributed by atoms with Gasteiger partial charge in [0, 0.05) is 7.05 Å². The molecule has 0 bridgehead atoms. The van der Waals surface area contributed by atoms with Crippen molar-refractivity contribution in [3.05, 3.63) is 24.4 Å². The predicted octanol–water partition coefficient (Wildman–Crippen LogP) is 2.32. The molecule has 1 atom stereocenters. The second kappa shape index (κ2) is 5.10. The lowest BCUT2D eigenvalue weighted by Gasteiger charge is -2.06. The minimum absolute atomic E-state index is 0.601. The van der Waals surface area contributed by atoms with Crippen LogP contribution in [0, 0.1) is 5.92 Å². The van der Waals surface area contributed by atoms with Crippen molar-refractivity contribution in [3.8, 4) is 0 Å². The van der Waals surface area contributed by atoms with Crippen molar-refractivity contribution < 1.29 is 0 Å². The van der Waals surface area contributed by atoms with Crippen molar-refractivity contribution in [1.29, 1.82) is 0 Å². The number of hydrogen-bond donors (Lipinski definition) is 1. The van der Waals surface area contributed by atoms with Gasteiger partial charge in [0.15, 0.2) is 0 Å². The summed E-state index contributed by atoms with van der Waals surface area (Å²) < 4.78 is 0. The van der Waals surface area contributed by atoms with Crippen molar-refractivity contribution in [2.24, 2.45) is 5.92 Å². The van der Waals surface area contributed by atoms with Crippen LogP contribution in [0.3, 0.4) is 0 Å². The average molecular weight is 139 g/mol. The van der Waals surface area contributed by atoms with E-state index in [9.17, 15) is 0 Å². The molecule has 0 amide bonds. The summed E-state index contributed by atoms with van der Waals surface area (Å²) in [6, 6.07) is 0. The Kier molecular flexibility index (Phi) is 4.73. The van der Waals surface area contributed by atoms with E-state index < -0.39 is 0 Å². The lowest BCUT2D eigenvalue weighted by molar-refractivity contribution is 0.672. The van der Waals surface area contributed by atoms with E-state index in [1.165, 1.54) is 5.57 Å². The van der Waals surface area contributed by atoms with Crippen molar-refractivity contribution in [2.75, 3.05) is 7.05 Å². The highest BCUT2D eigenvalue weighted by Gasteiger charge is 1.98. The highest BCUT2D eigenvalue weighted by atomic mass is 14.8. The van der Waals surface area contributed by atoms with Gasteiger partial charge in [-0.3, -0.25) is 0 Å². The van der Waals surface area contributed by atoms with E-state index in [0.29, 0.717) is 5.92 Å². The lowest BCUT2D eigenvalue weighted by atomic mass is 10.0. The van der Waals surface area contributed by atoms with Crippen LogP contribution >= 0.6 is 0 Å². The van der Waals surface area contributed by atoms with E-state index in [1.54, 1.807) is 0 Å². The SMILES string of the molecule is C=C(/C=C\NC)C(C)CC. The van der Waals surface area contributed by atoms with Gasteiger partial charge in [0.25, 0.3) is 0 Å². The second-order valence-electron chi connectivity index (χ2n) is 2.51. The number of rotatable bonds is 4. The molecule has 0 rings (SSSR count). The average Bonchev–Trinajstić information content (AvgIpc) is 1.98. The molecular weight excluding hydrogens is 122 g/mol. The van der Waals surface area contributed by atoms with E-state index in [2.05, 4.69) is 25.7 Å². The Morgan fingerprint density at radius 1 is 1.70 bits per heavy atom. The summed E-state index contributed by atoms with van der Waals surface area (Å²) in [5, 5.41) is 2.94. The molecule has 0 saturated carbocycles. The van der Waals surface area contributed by atoms with Crippen LogP contribution in [0.4, 0.5) is 0 Å². The summed E-state index contributed by atoms with van der Waals surface area (Å²) in [6.45, 7) is 8.29. The Hall–Kier alpha value is -0.720. The van der Waals surface area contributed by atoms with E-state index in [4.69, 9.17) is 0 Å². The standard InChI is InChI=1S/C9H17N/c1-5-8(2)9(3)6-7-10-4/h6-8,10H,3,5H2,1-2,4H3/b7-6-. The van der Waals surface area contributed by atoms with Crippen LogP contribution in [-0.2, 0) is 0 Å². The second-order valence-corrected chi connectivity index (χ2v) is 2.51. The van der Waals surface area contributed by atoms with E-state index in [1.807, 2.05) is 19.3 Å². The number of hydrogen-bond acceptors (Lipinski definition) is 1. The molecule has 0 radical (unpaired) electrons. The minimum Gasteiger partial charge on any atom is -0.394 e. The summed E-state index contributed by atoms with van der Waals surface area (Å²) in [7, 11) is 1.89. The Morgan fingerprint density at radius 3 is 2.70 bits per heavy atom. The molecule has 0 aromatic heterocycles. The molecule has 0 fully saturated rings. The predicted molar refractivity (Wildman–Crippen MR) is 46.8 cm³/mol. The highest BCUT2D eigenvalue weighted by molar-refractivity contribution is 5.16. The highest BCUT2D eigenvalue weighted by Crippen LogP contribution is 2.12. The molecule has 0 heterocycles. The fourth-order valence-electron chi connectivity index (χ4n) is 0.617. The molecule has 58 valence electrons. The molecule has 0 spiro atoms. The first-order valence-electron chi connectivity index (χ1n) is 3.75. The fourth-order valence-corrected chi connectivity index (χ4v) is 0.617. The van der Waals surface area contributed by atoms with Gasteiger partial charge in [-0.25, -0.2) is 0 Å². The maximum absolute atomic E-state index is 3.94. The third-order valence-corrected chi connectivity index (χ3v) is 1.71. The van der Waals surface area contributed by atoms with Crippen LogP contribution in [-0.4, -0.2) is 7.05 Å².